The Morgan fingerprint density at radius 3 is 2.66 bits per heavy atom. The minimum absolute atomic E-state index is 0.0230. The first-order valence-corrected chi connectivity index (χ1v) is 11.9. The molecular weight excluding hydrogens is 408 g/mol. The largest absolute Gasteiger partial charge is 0.350 e. The molecule has 1 aliphatic rings. The summed E-state index contributed by atoms with van der Waals surface area (Å²) >= 11 is 1.59. The van der Waals surface area contributed by atoms with Gasteiger partial charge in [0.2, 0.25) is 15.9 Å². The second-order valence-electron chi connectivity index (χ2n) is 7.34. The van der Waals surface area contributed by atoms with Crippen LogP contribution < -0.4 is 5.32 Å². The fraction of sp³-hybridized carbons (Fsp3) is 0.450. The van der Waals surface area contributed by atoms with Gasteiger partial charge in [0, 0.05) is 30.3 Å². The molecule has 7 nitrogen and oxygen atoms in total. The molecule has 154 valence electrons. The van der Waals surface area contributed by atoms with Crippen LogP contribution in [-0.2, 0) is 21.4 Å². The number of nitrogens with one attached hydrogen (secondary N) is 1. The van der Waals surface area contributed by atoms with E-state index >= 15 is 0 Å². The summed E-state index contributed by atoms with van der Waals surface area (Å²) in [7, 11) is -3.74. The Bertz CT molecular complexity index is 1020. The number of sulfonamides is 1. The van der Waals surface area contributed by atoms with Crippen molar-refractivity contribution in [1.29, 1.82) is 5.26 Å². The first-order valence-electron chi connectivity index (χ1n) is 9.54. The Kier molecular flexibility index (Phi) is 6.67. The van der Waals surface area contributed by atoms with Crippen LogP contribution >= 0.6 is 11.3 Å². The van der Waals surface area contributed by atoms with Gasteiger partial charge in [-0.05, 0) is 25.0 Å². The van der Waals surface area contributed by atoms with E-state index in [1.54, 1.807) is 23.5 Å². The molecule has 2 heterocycles. The highest BCUT2D eigenvalue weighted by atomic mass is 32.2. The van der Waals surface area contributed by atoms with Crippen LogP contribution in [0.3, 0.4) is 0 Å². The summed E-state index contributed by atoms with van der Waals surface area (Å²) < 4.78 is 27.1. The second-order valence-corrected chi connectivity index (χ2v) is 10.1. The fourth-order valence-corrected chi connectivity index (χ4v) is 5.72. The Morgan fingerprint density at radius 2 is 2.03 bits per heavy atom. The maximum atomic E-state index is 12.9. The van der Waals surface area contributed by atoms with Gasteiger partial charge in [-0.3, -0.25) is 4.79 Å². The second kappa shape index (κ2) is 9.03. The SMILES string of the molecule is CC(C)c1nc(CNC(=O)C2CCN(S(=O)(=O)c3ccccc3C#N)CC2)cs1. The molecule has 0 spiro atoms. The number of piperidine rings is 1. The summed E-state index contributed by atoms with van der Waals surface area (Å²) in [5.74, 6) is 0.0660. The fourth-order valence-electron chi connectivity index (χ4n) is 3.27. The van der Waals surface area contributed by atoms with Gasteiger partial charge >= 0.3 is 0 Å². The van der Waals surface area contributed by atoms with Crippen molar-refractivity contribution in [3.63, 3.8) is 0 Å². The molecule has 1 aromatic heterocycles. The number of amides is 1. The third kappa shape index (κ3) is 4.83. The molecule has 0 aliphatic carbocycles. The van der Waals surface area contributed by atoms with E-state index in [0.717, 1.165) is 10.7 Å². The Hall–Kier alpha value is -2.28. The molecule has 9 heteroatoms. The van der Waals surface area contributed by atoms with Gasteiger partial charge in [-0.2, -0.15) is 9.57 Å². The number of hydrogen-bond donors (Lipinski definition) is 1. The van der Waals surface area contributed by atoms with Crippen LogP contribution in [-0.4, -0.2) is 36.7 Å². The lowest BCUT2D eigenvalue weighted by atomic mass is 9.97. The third-order valence-electron chi connectivity index (χ3n) is 4.96. The van der Waals surface area contributed by atoms with E-state index in [1.807, 2.05) is 11.4 Å². The quantitative estimate of drug-likeness (QED) is 0.756. The number of carbonyl (C=O) groups excluding carboxylic acids is 1. The number of nitriles is 1. The number of thiazole rings is 1. The number of carbonyl (C=O) groups is 1. The highest BCUT2D eigenvalue weighted by molar-refractivity contribution is 7.89. The molecule has 0 radical (unpaired) electrons. The van der Waals surface area contributed by atoms with Gasteiger partial charge < -0.3 is 5.32 Å². The molecule has 0 atom stereocenters. The monoisotopic (exact) mass is 432 g/mol. The smallest absolute Gasteiger partial charge is 0.244 e. The predicted molar refractivity (Wildman–Crippen MR) is 111 cm³/mol. The first kappa shape index (κ1) is 21.4. The minimum Gasteiger partial charge on any atom is -0.350 e. The number of rotatable bonds is 6. The highest BCUT2D eigenvalue weighted by Crippen LogP contribution is 2.26. The number of hydrogen-bond acceptors (Lipinski definition) is 6. The summed E-state index contributed by atoms with van der Waals surface area (Å²) in [5, 5.41) is 15.1. The maximum Gasteiger partial charge on any atom is 0.244 e. The van der Waals surface area contributed by atoms with E-state index in [-0.39, 0.29) is 35.4 Å². The van der Waals surface area contributed by atoms with Crippen molar-refractivity contribution < 1.29 is 13.2 Å². The van der Waals surface area contributed by atoms with Crippen molar-refractivity contribution in [2.24, 2.45) is 5.92 Å². The molecule has 0 saturated carbocycles. The summed E-state index contributed by atoms with van der Waals surface area (Å²) in [6.45, 7) is 5.06. The van der Waals surface area contributed by atoms with Crippen LogP contribution in [0.2, 0.25) is 0 Å². The molecule has 1 fully saturated rings. The van der Waals surface area contributed by atoms with Crippen molar-refractivity contribution in [3.05, 3.63) is 45.9 Å². The zero-order valence-corrected chi connectivity index (χ0v) is 18.1. The van der Waals surface area contributed by atoms with Crippen LogP contribution in [0, 0.1) is 17.2 Å². The maximum absolute atomic E-state index is 12.9. The number of aromatic nitrogens is 1. The predicted octanol–water partition coefficient (Wildman–Crippen LogP) is 2.86. The van der Waals surface area contributed by atoms with Gasteiger partial charge in [0.25, 0.3) is 0 Å². The van der Waals surface area contributed by atoms with Crippen LogP contribution in [0.15, 0.2) is 34.5 Å². The lowest BCUT2D eigenvalue weighted by Crippen LogP contribution is -2.43. The van der Waals surface area contributed by atoms with Gasteiger partial charge in [0.1, 0.15) is 6.07 Å². The summed E-state index contributed by atoms with van der Waals surface area (Å²) in [4.78, 5) is 17.0. The average Bonchev–Trinajstić information content (AvgIpc) is 3.21. The number of benzene rings is 1. The molecule has 1 aromatic carbocycles. The zero-order chi connectivity index (χ0) is 21.0. The first-order chi connectivity index (χ1) is 13.8. The molecule has 2 aromatic rings. The zero-order valence-electron chi connectivity index (χ0n) is 16.5. The van der Waals surface area contributed by atoms with Crippen molar-refractivity contribution in [2.45, 2.75) is 44.0 Å². The minimum atomic E-state index is -3.74. The van der Waals surface area contributed by atoms with Gasteiger partial charge in [-0.15, -0.1) is 11.3 Å². The van der Waals surface area contributed by atoms with Crippen LogP contribution in [0.5, 0.6) is 0 Å². The van der Waals surface area contributed by atoms with Crippen molar-refractivity contribution in [1.82, 2.24) is 14.6 Å². The Balaban J connectivity index is 1.57. The normalized spacial score (nSPS) is 15.9. The van der Waals surface area contributed by atoms with Gasteiger partial charge in [-0.1, -0.05) is 26.0 Å². The van der Waals surface area contributed by atoms with Crippen molar-refractivity contribution in [3.8, 4) is 6.07 Å². The topological polar surface area (TPSA) is 103 Å². The molecule has 1 amide bonds. The summed E-state index contributed by atoms with van der Waals surface area (Å²) in [5.41, 5.74) is 0.983. The Labute approximate surface area is 175 Å². The van der Waals surface area contributed by atoms with Crippen LogP contribution in [0.4, 0.5) is 0 Å². The molecule has 1 saturated heterocycles. The molecule has 0 bridgehead atoms. The molecule has 3 rings (SSSR count). The van der Waals surface area contributed by atoms with Crippen molar-refractivity contribution in [2.75, 3.05) is 13.1 Å². The van der Waals surface area contributed by atoms with Gasteiger partial charge in [0.15, 0.2) is 0 Å². The highest BCUT2D eigenvalue weighted by Gasteiger charge is 2.33. The summed E-state index contributed by atoms with van der Waals surface area (Å²) in [6.07, 6.45) is 0.905. The van der Waals surface area contributed by atoms with Crippen LogP contribution in [0.25, 0.3) is 0 Å². The lowest BCUT2D eigenvalue weighted by molar-refractivity contribution is -0.126. The summed E-state index contributed by atoms with van der Waals surface area (Å²) in [6, 6.07) is 8.13. The van der Waals surface area contributed by atoms with Crippen molar-refractivity contribution >= 4 is 27.3 Å². The molecule has 29 heavy (non-hydrogen) atoms. The van der Waals surface area contributed by atoms with E-state index < -0.39 is 10.0 Å². The van der Waals surface area contributed by atoms with E-state index in [1.165, 1.54) is 16.4 Å². The number of nitrogens with zero attached hydrogens (tertiary/aromatic N) is 3. The Morgan fingerprint density at radius 1 is 1.34 bits per heavy atom. The molecule has 1 aliphatic heterocycles. The van der Waals surface area contributed by atoms with E-state index in [4.69, 9.17) is 0 Å². The van der Waals surface area contributed by atoms with E-state index in [9.17, 15) is 18.5 Å². The average molecular weight is 433 g/mol. The molecular formula is C20H24N4O3S2. The third-order valence-corrected chi connectivity index (χ3v) is 8.11. The van der Waals surface area contributed by atoms with Gasteiger partial charge in [0.05, 0.1) is 27.7 Å². The van der Waals surface area contributed by atoms with E-state index in [2.05, 4.69) is 24.1 Å². The standard InChI is InChI=1S/C20H24N4O3S2/c1-14(2)20-23-17(13-28-20)12-22-19(25)15-7-9-24(10-8-15)29(26,27)18-6-4-3-5-16(18)11-21/h3-6,13-15H,7-10,12H2,1-2H3,(H,22,25). The lowest BCUT2D eigenvalue weighted by Gasteiger charge is -2.30. The van der Waals surface area contributed by atoms with Crippen LogP contribution in [0.1, 0.15) is 48.9 Å². The van der Waals surface area contributed by atoms with Gasteiger partial charge in [-0.25, -0.2) is 13.4 Å². The molecule has 1 N–H and O–H groups in total. The van der Waals surface area contributed by atoms with E-state index in [0.29, 0.717) is 25.3 Å². The molecule has 0 unspecified atom stereocenters.